The minimum atomic E-state index is -1.13. The minimum absolute atomic E-state index is 0.0253. The number of hydrogen-bond acceptors (Lipinski definition) is 6. The largest absolute Gasteiger partial charge is 0.497 e. The lowest BCUT2D eigenvalue weighted by Gasteiger charge is -2.18. The molecule has 1 aromatic heterocycles. The molecule has 6 nitrogen and oxygen atoms in total. The molecule has 0 aliphatic rings. The molecule has 0 radical (unpaired) electrons. The second kappa shape index (κ2) is 10.7. The van der Waals surface area contributed by atoms with Crippen LogP contribution in [-0.2, 0) is 14.3 Å². The molecule has 3 rings (SSSR count). The number of hydrogen-bond donors (Lipinski definition) is 1. The van der Waals surface area contributed by atoms with Gasteiger partial charge in [-0.2, -0.15) is 0 Å². The van der Waals surface area contributed by atoms with Crippen LogP contribution in [0.5, 0.6) is 5.75 Å². The SMILES string of the molecule is COc1ccc(NC(=O)[C@@H](OC(=O)CCC(=O)c2cc(C)sc2C)c2ccccc2)cc1. The van der Waals surface area contributed by atoms with E-state index in [9.17, 15) is 14.4 Å². The van der Waals surface area contributed by atoms with E-state index in [0.29, 0.717) is 22.6 Å². The van der Waals surface area contributed by atoms with E-state index in [4.69, 9.17) is 9.47 Å². The van der Waals surface area contributed by atoms with Gasteiger partial charge in [-0.15, -0.1) is 11.3 Å². The van der Waals surface area contributed by atoms with E-state index >= 15 is 0 Å². The molecule has 0 saturated carbocycles. The third-order valence-electron chi connectivity index (χ3n) is 4.84. The first kappa shape index (κ1) is 23.2. The van der Waals surface area contributed by atoms with E-state index < -0.39 is 18.0 Å². The van der Waals surface area contributed by atoms with Gasteiger partial charge in [-0.25, -0.2) is 0 Å². The highest BCUT2D eigenvalue weighted by Crippen LogP contribution is 2.24. The summed E-state index contributed by atoms with van der Waals surface area (Å²) in [4.78, 5) is 39.9. The Balaban J connectivity index is 1.67. The Kier molecular flexibility index (Phi) is 7.78. The van der Waals surface area contributed by atoms with Gasteiger partial charge < -0.3 is 14.8 Å². The summed E-state index contributed by atoms with van der Waals surface area (Å²) in [6, 6.07) is 17.5. The highest BCUT2D eigenvalue weighted by atomic mass is 32.1. The first-order chi connectivity index (χ1) is 15.4. The van der Waals surface area contributed by atoms with E-state index in [2.05, 4.69) is 5.32 Å². The monoisotopic (exact) mass is 451 g/mol. The number of thiophene rings is 1. The highest BCUT2D eigenvalue weighted by Gasteiger charge is 2.25. The van der Waals surface area contributed by atoms with Crippen molar-refractivity contribution >= 4 is 34.7 Å². The number of carbonyl (C=O) groups excluding carboxylic acids is 3. The Hall–Kier alpha value is -3.45. The van der Waals surface area contributed by atoms with Crippen LogP contribution >= 0.6 is 11.3 Å². The third kappa shape index (κ3) is 6.04. The van der Waals surface area contributed by atoms with Crippen molar-refractivity contribution in [3.8, 4) is 5.75 Å². The number of methoxy groups -OCH3 is 1. The fourth-order valence-corrected chi connectivity index (χ4v) is 4.17. The number of aryl methyl sites for hydroxylation is 2. The van der Waals surface area contributed by atoms with Gasteiger partial charge in [-0.1, -0.05) is 30.3 Å². The summed E-state index contributed by atoms with van der Waals surface area (Å²) >= 11 is 1.55. The van der Waals surface area contributed by atoms with Gasteiger partial charge in [-0.05, 0) is 44.2 Å². The molecule has 1 amide bonds. The number of benzene rings is 2. The van der Waals surface area contributed by atoms with Crippen molar-refractivity contribution in [1.29, 1.82) is 0 Å². The molecule has 1 atom stereocenters. The number of nitrogens with one attached hydrogen (secondary N) is 1. The highest BCUT2D eigenvalue weighted by molar-refractivity contribution is 7.12. The Bertz CT molecular complexity index is 1090. The number of anilines is 1. The van der Waals surface area contributed by atoms with E-state index in [1.165, 1.54) is 0 Å². The standard InChI is InChI=1S/C25H25NO5S/c1-16-15-21(17(2)32-16)22(27)13-14-23(28)31-24(18-7-5-4-6-8-18)25(29)26-19-9-11-20(30-3)12-10-19/h4-12,15,24H,13-14H2,1-3H3,(H,26,29)/t24-/m0/s1. The number of ether oxygens (including phenoxy) is 2. The molecule has 0 aliphatic carbocycles. The van der Waals surface area contributed by atoms with Crippen LogP contribution in [0, 0.1) is 13.8 Å². The van der Waals surface area contributed by atoms with Gasteiger partial charge in [0, 0.05) is 33.0 Å². The van der Waals surface area contributed by atoms with Crippen LogP contribution < -0.4 is 10.1 Å². The van der Waals surface area contributed by atoms with Crippen LogP contribution in [0.2, 0.25) is 0 Å². The average Bonchev–Trinajstić information content (AvgIpc) is 3.14. The fourth-order valence-electron chi connectivity index (χ4n) is 3.23. The molecule has 3 aromatic rings. The summed E-state index contributed by atoms with van der Waals surface area (Å²) in [6.45, 7) is 3.83. The zero-order valence-electron chi connectivity index (χ0n) is 18.2. The fraction of sp³-hybridized carbons (Fsp3) is 0.240. The van der Waals surface area contributed by atoms with E-state index in [-0.39, 0.29) is 18.6 Å². The van der Waals surface area contributed by atoms with Crippen molar-refractivity contribution in [3.63, 3.8) is 0 Å². The lowest BCUT2D eigenvalue weighted by molar-refractivity contribution is -0.154. The van der Waals surface area contributed by atoms with Crippen molar-refractivity contribution in [3.05, 3.63) is 81.5 Å². The van der Waals surface area contributed by atoms with Crippen molar-refractivity contribution in [2.24, 2.45) is 0 Å². The normalized spacial score (nSPS) is 11.5. The van der Waals surface area contributed by atoms with Crippen molar-refractivity contribution in [2.45, 2.75) is 32.8 Å². The summed E-state index contributed by atoms with van der Waals surface area (Å²) in [5.41, 5.74) is 1.73. The maximum absolute atomic E-state index is 12.9. The van der Waals surface area contributed by atoms with E-state index in [0.717, 1.165) is 9.75 Å². The summed E-state index contributed by atoms with van der Waals surface area (Å²) in [5, 5.41) is 2.76. The van der Waals surface area contributed by atoms with Gasteiger partial charge in [0.2, 0.25) is 6.10 Å². The smallest absolute Gasteiger partial charge is 0.307 e. The maximum Gasteiger partial charge on any atom is 0.307 e. The van der Waals surface area contributed by atoms with Crippen LogP contribution in [0.1, 0.15) is 44.6 Å². The van der Waals surface area contributed by atoms with Crippen LogP contribution in [0.4, 0.5) is 5.69 Å². The summed E-state index contributed by atoms with van der Waals surface area (Å²) in [6.07, 6.45) is -1.21. The first-order valence-electron chi connectivity index (χ1n) is 10.2. The summed E-state index contributed by atoms with van der Waals surface area (Å²) < 4.78 is 10.6. The molecular weight excluding hydrogens is 426 g/mol. The number of Topliss-reactive ketones (excluding diaryl/α,β-unsaturated/α-hetero) is 1. The summed E-state index contributed by atoms with van der Waals surface area (Å²) in [5.74, 6) is -0.537. The Labute approximate surface area is 191 Å². The lowest BCUT2D eigenvalue weighted by Crippen LogP contribution is -2.26. The van der Waals surface area contributed by atoms with Crippen molar-refractivity contribution in [1.82, 2.24) is 0 Å². The second-order valence-electron chi connectivity index (χ2n) is 7.25. The molecule has 0 bridgehead atoms. The molecule has 0 fully saturated rings. The van der Waals surface area contributed by atoms with E-state index in [1.807, 2.05) is 26.0 Å². The number of amides is 1. The summed E-state index contributed by atoms with van der Waals surface area (Å²) in [7, 11) is 1.56. The van der Waals surface area contributed by atoms with Gasteiger partial charge in [0.1, 0.15) is 5.75 Å². The first-order valence-corrected chi connectivity index (χ1v) is 11.0. The molecule has 0 aliphatic heterocycles. The predicted octanol–water partition coefficient (Wildman–Crippen LogP) is 5.26. The molecule has 2 aromatic carbocycles. The van der Waals surface area contributed by atoms with Gasteiger partial charge in [0.15, 0.2) is 5.78 Å². The second-order valence-corrected chi connectivity index (χ2v) is 8.71. The predicted molar refractivity (Wildman–Crippen MR) is 124 cm³/mol. The minimum Gasteiger partial charge on any atom is -0.497 e. The maximum atomic E-state index is 12.9. The van der Waals surface area contributed by atoms with Crippen molar-refractivity contribution < 1.29 is 23.9 Å². The van der Waals surface area contributed by atoms with Crippen LogP contribution in [0.3, 0.4) is 0 Å². The van der Waals surface area contributed by atoms with E-state index in [1.54, 1.807) is 67.0 Å². The van der Waals surface area contributed by atoms with Crippen LogP contribution in [-0.4, -0.2) is 24.8 Å². The van der Waals surface area contributed by atoms with Crippen molar-refractivity contribution in [2.75, 3.05) is 12.4 Å². The van der Waals surface area contributed by atoms with Crippen LogP contribution in [0.15, 0.2) is 60.7 Å². The zero-order chi connectivity index (χ0) is 23.1. The Morgan fingerprint density at radius 2 is 1.66 bits per heavy atom. The molecule has 32 heavy (non-hydrogen) atoms. The topological polar surface area (TPSA) is 81.7 Å². The third-order valence-corrected chi connectivity index (χ3v) is 5.81. The quantitative estimate of drug-likeness (QED) is 0.354. The molecule has 0 unspecified atom stereocenters. The van der Waals surface area contributed by atoms with Gasteiger partial charge in [-0.3, -0.25) is 14.4 Å². The zero-order valence-corrected chi connectivity index (χ0v) is 19.0. The molecular formula is C25H25NO5S. The number of ketones is 1. The Morgan fingerprint density at radius 3 is 2.25 bits per heavy atom. The lowest BCUT2D eigenvalue weighted by atomic mass is 10.1. The van der Waals surface area contributed by atoms with Gasteiger partial charge in [0.25, 0.3) is 5.91 Å². The van der Waals surface area contributed by atoms with Crippen LogP contribution in [0.25, 0.3) is 0 Å². The molecule has 1 N–H and O–H groups in total. The molecule has 1 heterocycles. The van der Waals surface area contributed by atoms with Gasteiger partial charge >= 0.3 is 5.97 Å². The molecule has 7 heteroatoms. The molecule has 0 saturated heterocycles. The Morgan fingerprint density at radius 1 is 0.969 bits per heavy atom. The molecule has 0 spiro atoms. The average molecular weight is 452 g/mol. The number of carbonyl (C=O) groups is 3. The molecule has 166 valence electrons. The van der Waals surface area contributed by atoms with Gasteiger partial charge in [0.05, 0.1) is 13.5 Å². The number of rotatable bonds is 9. The number of esters is 1.